The van der Waals surface area contributed by atoms with Crippen LogP contribution in [0, 0.1) is 0 Å². The van der Waals surface area contributed by atoms with Crippen molar-refractivity contribution in [1.82, 2.24) is 14.8 Å². The van der Waals surface area contributed by atoms with Gasteiger partial charge in [0.05, 0.1) is 6.20 Å². The summed E-state index contributed by atoms with van der Waals surface area (Å²) in [6, 6.07) is 2.00. The van der Waals surface area contributed by atoms with Crippen LogP contribution in [-0.2, 0) is 7.05 Å². The molecule has 4 heteroatoms. The Morgan fingerprint density at radius 2 is 2.27 bits per heavy atom. The van der Waals surface area contributed by atoms with Crippen LogP contribution in [0.3, 0.4) is 0 Å². The second-order valence-corrected chi connectivity index (χ2v) is 3.25. The number of nitrogens with zero attached hydrogens (tertiary/aromatic N) is 3. The van der Waals surface area contributed by atoms with E-state index < -0.39 is 0 Å². The van der Waals surface area contributed by atoms with Gasteiger partial charge in [0.2, 0.25) is 0 Å². The summed E-state index contributed by atoms with van der Waals surface area (Å²) in [6.07, 6.45) is 3.57. The Hall–Kier alpha value is -0.900. The minimum absolute atomic E-state index is 0.910. The monoisotopic (exact) mass is 211 g/mol. The van der Waals surface area contributed by atoms with Crippen LogP contribution in [0.15, 0.2) is 22.9 Å². The van der Waals surface area contributed by atoms with Gasteiger partial charge in [0, 0.05) is 23.1 Å². The van der Waals surface area contributed by atoms with Gasteiger partial charge in [0.15, 0.2) is 5.65 Å². The highest BCUT2D eigenvalue weighted by atomic mass is 79.9. The summed E-state index contributed by atoms with van der Waals surface area (Å²) in [4.78, 5) is 4.19. The van der Waals surface area contributed by atoms with Gasteiger partial charge < -0.3 is 0 Å². The first-order valence-electron chi connectivity index (χ1n) is 3.20. The second kappa shape index (κ2) is 2.30. The maximum absolute atomic E-state index is 4.19. The third-order valence-electron chi connectivity index (χ3n) is 1.54. The third-order valence-corrected chi connectivity index (χ3v) is 1.97. The molecule has 0 amide bonds. The average molecular weight is 212 g/mol. The summed E-state index contributed by atoms with van der Waals surface area (Å²) in [6.45, 7) is 0. The molecule has 0 aromatic carbocycles. The van der Waals surface area contributed by atoms with E-state index in [-0.39, 0.29) is 0 Å². The number of hydrogen-bond acceptors (Lipinski definition) is 2. The molecule has 0 N–H and O–H groups in total. The zero-order valence-electron chi connectivity index (χ0n) is 5.95. The number of pyridine rings is 1. The number of halogens is 1. The Kier molecular flexibility index (Phi) is 1.42. The molecule has 0 saturated heterocycles. The molecule has 0 aliphatic rings. The minimum Gasteiger partial charge on any atom is -0.250 e. The van der Waals surface area contributed by atoms with Crippen molar-refractivity contribution in [2.45, 2.75) is 0 Å². The molecule has 0 aliphatic heterocycles. The van der Waals surface area contributed by atoms with Crippen molar-refractivity contribution in [3.63, 3.8) is 0 Å². The smallest absolute Gasteiger partial charge is 0.157 e. The van der Waals surface area contributed by atoms with Crippen LogP contribution >= 0.6 is 15.9 Å². The molecule has 2 aromatic heterocycles. The van der Waals surface area contributed by atoms with Gasteiger partial charge in [-0.25, -0.2) is 4.98 Å². The Bertz CT molecular complexity index is 393. The van der Waals surface area contributed by atoms with Crippen molar-refractivity contribution < 1.29 is 0 Å². The molecule has 11 heavy (non-hydrogen) atoms. The lowest BCUT2D eigenvalue weighted by Gasteiger charge is -1.91. The van der Waals surface area contributed by atoms with Crippen LogP contribution in [0.2, 0.25) is 0 Å². The molecule has 2 rings (SSSR count). The van der Waals surface area contributed by atoms with Crippen molar-refractivity contribution in [3.05, 3.63) is 22.9 Å². The number of aromatic nitrogens is 3. The lowest BCUT2D eigenvalue weighted by Crippen LogP contribution is -1.90. The molecule has 56 valence electrons. The third kappa shape index (κ3) is 1.03. The van der Waals surface area contributed by atoms with E-state index in [1.807, 2.05) is 13.1 Å². The standard InChI is InChI=1S/C7H6BrN3/c1-11-7-5(3-10-11)2-6(8)4-9-7/h2-4H,1H3. The Balaban J connectivity index is 2.86. The minimum atomic E-state index is 0.910. The lowest BCUT2D eigenvalue weighted by molar-refractivity contribution is 0.786. The van der Waals surface area contributed by atoms with Crippen LogP contribution in [-0.4, -0.2) is 14.8 Å². The quantitative estimate of drug-likeness (QED) is 0.665. The molecule has 0 radical (unpaired) electrons. The molecule has 0 aliphatic carbocycles. The van der Waals surface area contributed by atoms with E-state index in [0.717, 1.165) is 15.5 Å². The number of aryl methyl sites for hydroxylation is 1. The molecule has 0 atom stereocenters. The molecule has 0 unspecified atom stereocenters. The van der Waals surface area contributed by atoms with Gasteiger partial charge >= 0.3 is 0 Å². The highest BCUT2D eigenvalue weighted by molar-refractivity contribution is 9.10. The molecular weight excluding hydrogens is 206 g/mol. The maximum atomic E-state index is 4.19. The number of fused-ring (bicyclic) bond motifs is 1. The van der Waals surface area contributed by atoms with E-state index in [0.29, 0.717) is 0 Å². The molecule has 3 nitrogen and oxygen atoms in total. The van der Waals surface area contributed by atoms with Crippen molar-refractivity contribution in [2.75, 3.05) is 0 Å². The van der Waals surface area contributed by atoms with Crippen LogP contribution in [0.25, 0.3) is 11.0 Å². The van der Waals surface area contributed by atoms with Crippen LogP contribution in [0.5, 0.6) is 0 Å². The average Bonchev–Trinajstić information content (AvgIpc) is 2.32. The fourth-order valence-electron chi connectivity index (χ4n) is 1.02. The topological polar surface area (TPSA) is 30.7 Å². The summed E-state index contributed by atoms with van der Waals surface area (Å²) in [7, 11) is 1.88. The predicted molar refractivity (Wildman–Crippen MR) is 46.2 cm³/mol. The summed E-state index contributed by atoms with van der Waals surface area (Å²) in [5, 5.41) is 5.13. The zero-order chi connectivity index (χ0) is 7.84. The van der Waals surface area contributed by atoms with Crippen molar-refractivity contribution in [2.24, 2.45) is 7.05 Å². The number of rotatable bonds is 0. The summed E-state index contributed by atoms with van der Waals surface area (Å²) < 4.78 is 2.74. The summed E-state index contributed by atoms with van der Waals surface area (Å²) in [5.74, 6) is 0. The van der Waals surface area contributed by atoms with Crippen LogP contribution in [0.4, 0.5) is 0 Å². The van der Waals surface area contributed by atoms with Gasteiger partial charge in [0.25, 0.3) is 0 Å². The van der Waals surface area contributed by atoms with E-state index in [4.69, 9.17) is 0 Å². The van der Waals surface area contributed by atoms with E-state index in [1.165, 1.54) is 0 Å². The predicted octanol–water partition coefficient (Wildman–Crippen LogP) is 1.73. The van der Waals surface area contributed by atoms with Gasteiger partial charge in [-0.1, -0.05) is 0 Å². The summed E-state index contributed by atoms with van der Waals surface area (Å²) in [5.41, 5.74) is 0.910. The van der Waals surface area contributed by atoms with Crippen molar-refractivity contribution >= 4 is 27.0 Å². The Labute approximate surface area is 72.2 Å². The van der Waals surface area contributed by atoms with Gasteiger partial charge in [-0.2, -0.15) is 5.10 Å². The molecule has 2 heterocycles. The normalized spacial score (nSPS) is 10.7. The van der Waals surface area contributed by atoms with E-state index >= 15 is 0 Å². The fourth-order valence-corrected chi connectivity index (χ4v) is 1.37. The van der Waals surface area contributed by atoms with Crippen molar-refractivity contribution in [3.8, 4) is 0 Å². The van der Waals surface area contributed by atoms with Gasteiger partial charge in [-0.15, -0.1) is 0 Å². The fraction of sp³-hybridized carbons (Fsp3) is 0.143. The first-order chi connectivity index (χ1) is 5.27. The summed E-state index contributed by atoms with van der Waals surface area (Å²) >= 11 is 3.34. The molecule has 0 bridgehead atoms. The molecular formula is C7H6BrN3. The van der Waals surface area contributed by atoms with Crippen LogP contribution in [0.1, 0.15) is 0 Å². The zero-order valence-corrected chi connectivity index (χ0v) is 7.54. The Morgan fingerprint density at radius 1 is 1.45 bits per heavy atom. The second-order valence-electron chi connectivity index (χ2n) is 2.33. The maximum Gasteiger partial charge on any atom is 0.157 e. The first-order valence-corrected chi connectivity index (χ1v) is 4.00. The largest absolute Gasteiger partial charge is 0.250 e. The molecule has 0 saturated carbocycles. The first kappa shape index (κ1) is 6.79. The van der Waals surface area contributed by atoms with Crippen molar-refractivity contribution in [1.29, 1.82) is 0 Å². The molecule has 0 fully saturated rings. The lowest BCUT2D eigenvalue weighted by atomic mass is 10.4. The molecule has 2 aromatic rings. The van der Waals surface area contributed by atoms with Gasteiger partial charge in [-0.05, 0) is 22.0 Å². The SMILES string of the molecule is Cn1ncc2cc(Br)cnc21. The van der Waals surface area contributed by atoms with E-state index in [2.05, 4.69) is 26.0 Å². The van der Waals surface area contributed by atoms with Gasteiger partial charge in [0.1, 0.15) is 0 Å². The highest BCUT2D eigenvalue weighted by Crippen LogP contribution is 2.15. The van der Waals surface area contributed by atoms with Gasteiger partial charge in [-0.3, -0.25) is 4.68 Å². The molecule has 0 spiro atoms. The van der Waals surface area contributed by atoms with Crippen LogP contribution < -0.4 is 0 Å². The van der Waals surface area contributed by atoms with E-state index in [9.17, 15) is 0 Å². The Morgan fingerprint density at radius 3 is 3.09 bits per heavy atom. The van der Waals surface area contributed by atoms with E-state index in [1.54, 1.807) is 17.1 Å². The highest BCUT2D eigenvalue weighted by Gasteiger charge is 1.99. The number of hydrogen-bond donors (Lipinski definition) is 0.